The van der Waals surface area contributed by atoms with Crippen LogP contribution in [0.3, 0.4) is 0 Å². The smallest absolute Gasteiger partial charge is 0.411 e. The number of carbonyl (C=O) groups is 1. The van der Waals surface area contributed by atoms with Gasteiger partial charge in [0.15, 0.2) is 0 Å². The van der Waals surface area contributed by atoms with Crippen molar-refractivity contribution >= 4 is 27.9 Å². The molecule has 3 rings (SSSR count). The molecule has 0 spiro atoms. The Balaban J connectivity index is 1.83. The van der Waals surface area contributed by atoms with E-state index in [-0.39, 0.29) is 18.7 Å². The Kier molecular flexibility index (Phi) is 5.29. The topological polar surface area (TPSA) is 62.7 Å². The second kappa shape index (κ2) is 7.32. The maximum absolute atomic E-state index is 13.3. The number of carbonyl (C=O) groups excluding carboxylic acids is 1. The van der Waals surface area contributed by atoms with Gasteiger partial charge >= 0.3 is 6.09 Å². The highest BCUT2D eigenvalue weighted by Crippen LogP contribution is 2.25. The van der Waals surface area contributed by atoms with Crippen molar-refractivity contribution in [2.45, 2.75) is 38.2 Å². The van der Waals surface area contributed by atoms with Crippen molar-refractivity contribution in [1.29, 1.82) is 0 Å². The summed E-state index contributed by atoms with van der Waals surface area (Å²) in [5, 5.41) is 1.87. The number of aromatic nitrogens is 1. The van der Waals surface area contributed by atoms with Crippen molar-refractivity contribution in [3.8, 4) is 0 Å². The average molecular weight is 375 g/mol. The SMILES string of the molecule is CC1CN(C(=O)OC(C)(C)C)CN(S(=O)c2cccc3cnccc23)C1. The Morgan fingerprint density at radius 1 is 1.27 bits per heavy atom. The van der Waals surface area contributed by atoms with Gasteiger partial charge < -0.3 is 4.74 Å². The van der Waals surface area contributed by atoms with Gasteiger partial charge in [0.2, 0.25) is 0 Å². The molecule has 2 atom stereocenters. The van der Waals surface area contributed by atoms with E-state index in [4.69, 9.17) is 4.74 Å². The molecule has 1 aromatic heterocycles. The summed E-state index contributed by atoms with van der Waals surface area (Å²) in [6.45, 7) is 9.13. The molecule has 6 nitrogen and oxygen atoms in total. The van der Waals surface area contributed by atoms with Gasteiger partial charge in [-0.05, 0) is 38.8 Å². The molecule has 1 amide bonds. The molecule has 1 aliphatic rings. The van der Waals surface area contributed by atoms with E-state index in [2.05, 4.69) is 4.98 Å². The zero-order valence-electron chi connectivity index (χ0n) is 15.6. The summed E-state index contributed by atoms with van der Waals surface area (Å²) in [4.78, 5) is 18.9. The summed E-state index contributed by atoms with van der Waals surface area (Å²) in [6.07, 6.45) is 3.10. The van der Waals surface area contributed by atoms with Crippen LogP contribution in [-0.4, -0.2) is 49.9 Å². The normalized spacial score (nSPS) is 20.2. The maximum atomic E-state index is 13.3. The van der Waals surface area contributed by atoms with Gasteiger partial charge in [0, 0.05) is 36.3 Å². The third-order valence-corrected chi connectivity index (χ3v) is 5.56. The molecular weight excluding hydrogens is 350 g/mol. The molecule has 1 aromatic carbocycles. The van der Waals surface area contributed by atoms with Crippen LogP contribution in [0, 0.1) is 5.92 Å². The van der Waals surface area contributed by atoms with Gasteiger partial charge in [0.05, 0.1) is 11.6 Å². The van der Waals surface area contributed by atoms with Gasteiger partial charge in [0.1, 0.15) is 16.6 Å². The van der Waals surface area contributed by atoms with E-state index in [1.165, 1.54) is 0 Å². The lowest BCUT2D eigenvalue weighted by Crippen LogP contribution is -2.52. The first kappa shape index (κ1) is 18.8. The van der Waals surface area contributed by atoms with Crippen molar-refractivity contribution in [1.82, 2.24) is 14.2 Å². The fourth-order valence-electron chi connectivity index (χ4n) is 3.05. The monoisotopic (exact) mass is 375 g/mol. The molecular formula is C19H25N3O3S. The van der Waals surface area contributed by atoms with Crippen LogP contribution in [0.4, 0.5) is 4.79 Å². The first-order valence-electron chi connectivity index (χ1n) is 8.72. The molecule has 2 unspecified atom stereocenters. The van der Waals surface area contributed by atoms with Gasteiger partial charge in [-0.25, -0.2) is 13.3 Å². The average Bonchev–Trinajstić information content (AvgIpc) is 2.58. The summed E-state index contributed by atoms with van der Waals surface area (Å²) in [7, 11) is -1.37. The summed E-state index contributed by atoms with van der Waals surface area (Å²) in [5.41, 5.74) is -0.551. The lowest BCUT2D eigenvalue weighted by atomic mass is 10.1. The highest BCUT2D eigenvalue weighted by Gasteiger charge is 2.32. The number of rotatable bonds is 2. The highest BCUT2D eigenvalue weighted by molar-refractivity contribution is 7.83. The first-order chi connectivity index (χ1) is 12.2. The molecule has 0 bridgehead atoms. The zero-order chi connectivity index (χ0) is 18.9. The molecule has 0 saturated carbocycles. The van der Waals surface area contributed by atoms with Crippen LogP contribution in [0.5, 0.6) is 0 Å². The minimum Gasteiger partial charge on any atom is -0.444 e. The van der Waals surface area contributed by atoms with Crippen LogP contribution < -0.4 is 0 Å². The molecule has 7 heteroatoms. The van der Waals surface area contributed by atoms with E-state index in [0.29, 0.717) is 13.1 Å². The quantitative estimate of drug-likeness (QED) is 0.807. The fraction of sp³-hybridized carbons (Fsp3) is 0.474. The summed E-state index contributed by atoms with van der Waals surface area (Å²) >= 11 is 0. The summed E-state index contributed by atoms with van der Waals surface area (Å²) in [6, 6.07) is 7.59. The standard InChI is InChI=1S/C19H25N3O3S/c1-14-11-21(18(23)25-19(2,3)4)13-22(12-14)26(24)17-7-5-6-15-10-20-9-8-16(15)17/h5-10,14H,11-13H2,1-4H3. The van der Waals surface area contributed by atoms with Gasteiger partial charge in [-0.1, -0.05) is 19.1 Å². The number of fused-ring (bicyclic) bond motifs is 1. The number of nitrogens with zero attached hydrogens (tertiary/aromatic N) is 3. The molecule has 1 aliphatic heterocycles. The minimum atomic E-state index is -1.37. The van der Waals surface area contributed by atoms with E-state index >= 15 is 0 Å². The van der Waals surface area contributed by atoms with Crippen molar-refractivity contribution in [2.75, 3.05) is 19.8 Å². The van der Waals surface area contributed by atoms with Gasteiger partial charge in [-0.2, -0.15) is 0 Å². The Labute approximate surface area is 156 Å². The summed E-state index contributed by atoms with van der Waals surface area (Å²) in [5.74, 6) is 0.205. The van der Waals surface area contributed by atoms with Gasteiger partial charge in [-0.3, -0.25) is 9.88 Å². The molecule has 2 heterocycles. The Bertz CT molecular complexity index is 829. The maximum Gasteiger partial charge on any atom is 0.411 e. The summed E-state index contributed by atoms with van der Waals surface area (Å²) < 4.78 is 20.6. The predicted octanol–water partition coefficient (Wildman–Crippen LogP) is 3.40. The van der Waals surface area contributed by atoms with E-state index in [0.717, 1.165) is 15.7 Å². The number of amides is 1. The van der Waals surface area contributed by atoms with Crippen molar-refractivity contribution in [3.63, 3.8) is 0 Å². The third-order valence-electron chi connectivity index (χ3n) is 4.09. The molecule has 140 valence electrons. The Hall–Kier alpha value is -1.99. The highest BCUT2D eigenvalue weighted by atomic mass is 32.2. The third kappa shape index (κ3) is 4.22. The van der Waals surface area contributed by atoms with Crippen molar-refractivity contribution in [3.05, 3.63) is 36.7 Å². The van der Waals surface area contributed by atoms with E-state index < -0.39 is 16.6 Å². The van der Waals surface area contributed by atoms with Crippen LogP contribution in [0.15, 0.2) is 41.6 Å². The van der Waals surface area contributed by atoms with Crippen LogP contribution in [0.2, 0.25) is 0 Å². The lowest BCUT2D eigenvalue weighted by molar-refractivity contribution is 0.00703. The Morgan fingerprint density at radius 2 is 2.04 bits per heavy atom. The van der Waals surface area contributed by atoms with E-state index in [9.17, 15) is 9.00 Å². The van der Waals surface area contributed by atoms with Crippen molar-refractivity contribution < 1.29 is 13.7 Å². The zero-order valence-corrected chi connectivity index (χ0v) is 16.5. The van der Waals surface area contributed by atoms with E-state index in [1.54, 1.807) is 17.3 Å². The van der Waals surface area contributed by atoms with Crippen LogP contribution in [0.25, 0.3) is 10.8 Å². The largest absolute Gasteiger partial charge is 0.444 e. The first-order valence-corrected chi connectivity index (χ1v) is 9.83. The predicted molar refractivity (Wildman–Crippen MR) is 102 cm³/mol. The van der Waals surface area contributed by atoms with Crippen LogP contribution in [0.1, 0.15) is 27.7 Å². The minimum absolute atomic E-state index is 0.205. The van der Waals surface area contributed by atoms with Crippen molar-refractivity contribution in [2.24, 2.45) is 5.92 Å². The number of benzene rings is 1. The van der Waals surface area contributed by atoms with Crippen LogP contribution in [-0.2, 0) is 15.7 Å². The number of pyridine rings is 1. The molecule has 2 aromatic rings. The molecule has 1 fully saturated rings. The molecule has 1 saturated heterocycles. The number of hydrogen-bond donors (Lipinski definition) is 0. The van der Waals surface area contributed by atoms with Gasteiger partial charge in [-0.15, -0.1) is 0 Å². The fourth-order valence-corrected chi connectivity index (χ4v) is 4.53. The molecule has 26 heavy (non-hydrogen) atoms. The number of hydrogen-bond acceptors (Lipinski definition) is 4. The van der Waals surface area contributed by atoms with E-state index in [1.807, 2.05) is 56.3 Å². The molecule has 0 aliphatic carbocycles. The van der Waals surface area contributed by atoms with Gasteiger partial charge in [0.25, 0.3) is 0 Å². The Morgan fingerprint density at radius 3 is 2.77 bits per heavy atom. The molecule has 0 radical (unpaired) electrons. The second-order valence-corrected chi connectivity index (χ2v) is 9.17. The molecule has 0 N–H and O–H groups in total. The van der Waals surface area contributed by atoms with Crippen LogP contribution >= 0.6 is 0 Å². The number of ether oxygens (including phenoxy) is 1. The lowest BCUT2D eigenvalue weighted by Gasteiger charge is -2.38. The second-order valence-electron chi connectivity index (χ2n) is 7.72.